The molecule has 1 aliphatic carbocycles. The van der Waals surface area contributed by atoms with Crippen LogP contribution in [0.3, 0.4) is 0 Å². The van der Waals surface area contributed by atoms with Gasteiger partial charge < -0.3 is 19.5 Å². The van der Waals surface area contributed by atoms with Gasteiger partial charge in [-0.2, -0.15) is 5.10 Å². The van der Waals surface area contributed by atoms with E-state index in [9.17, 15) is 4.79 Å². The van der Waals surface area contributed by atoms with Gasteiger partial charge in [-0.1, -0.05) is 6.07 Å². The number of hydrogen-bond acceptors (Lipinski definition) is 5. The molecule has 1 atom stereocenters. The summed E-state index contributed by atoms with van der Waals surface area (Å²) in [5.74, 6) is 1.78. The normalized spacial score (nSPS) is 15.8. The van der Waals surface area contributed by atoms with Crippen LogP contribution in [-0.4, -0.2) is 37.0 Å². The number of methoxy groups -OCH3 is 3. The predicted octanol–water partition coefficient (Wildman–Crippen LogP) is 2.57. The molecule has 2 aromatic rings. The minimum Gasteiger partial charge on any atom is -0.493 e. The average molecular weight is 373 g/mol. The van der Waals surface area contributed by atoms with Gasteiger partial charge in [0, 0.05) is 24.7 Å². The van der Waals surface area contributed by atoms with Crippen molar-refractivity contribution in [3.05, 3.63) is 35.2 Å². The first kappa shape index (κ1) is 19.1. The van der Waals surface area contributed by atoms with Crippen LogP contribution in [0.15, 0.2) is 18.3 Å². The lowest BCUT2D eigenvalue weighted by Gasteiger charge is -2.24. The summed E-state index contributed by atoms with van der Waals surface area (Å²) in [7, 11) is 6.70. The highest BCUT2D eigenvalue weighted by Gasteiger charge is 2.25. The summed E-state index contributed by atoms with van der Waals surface area (Å²) in [5.41, 5.74) is 3.27. The van der Waals surface area contributed by atoms with Crippen molar-refractivity contribution in [1.82, 2.24) is 15.1 Å². The second-order valence-electron chi connectivity index (χ2n) is 6.68. The molecule has 0 spiro atoms. The molecule has 1 aliphatic rings. The zero-order chi connectivity index (χ0) is 19.4. The second kappa shape index (κ2) is 8.33. The molecule has 0 aliphatic heterocycles. The molecule has 146 valence electrons. The topological polar surface area (TPSA) is 74.6 Å². The van der Waals surface area contributed by atoms with Gasteiger partial charge in [-0.3, -0.25) is 9.48 Å². The summed E-state index contributed by atoms with van der Waals surface area (Å²) in [6.07, 6.45) is 5.82. The van der Waals surface area contributed by atoms with Gasteiger partial charge in [-0.25, -0.2) is 0 Å². The molecule has 0 unspecified atom stereocenters. The van der Waals surface area contributed by atoms with E-state index in [4.69, 9.17) is 14.2 Å². The van der Waals surface area contributed by atoms with E-state index in [1.165, 1.54) is 5.69 Å². The number of amides is 1. The van der Waals surface area contributed by atoms with Crippen LogP contribution < -0.4 is 19.5 Å². The first-order valence-electron chi connectivity index (χ1n) is 9.17. The van der Waals surface area contributed by atoms with Crippen molar-refractivity contribution in [3.8, 4) is 17.2 Å². The van der Waals surface area contributed by atoms with Crippen LogP contribution in [0.4, 0.5) is 0 Å². The van der Waals surface area contributed by atoms with Crippen molar-refractivity contribution < 1.29 is 19.0 Å². The Morgan fingerprint density at radius 2 is 2.00 bits per heavy atom. The van der Waals surface area contributed by atoms with Crippen molar-refractivity contribution >= 4 is 5.91 Å². The number of nitrogens with zero attached hydrogens (tertiary/aromatic N) is 2. The minimum absolute atomic E-state index is 0.0218. The average Bonchev–Trinajstić information content (AvgIpc) is 3.07. The molecule has 7 nitrogen and oxygen atoms in total. The molecule has 0 saturated heterocycles. The molecule has 1 aromatic heterocycles. The van der Waals surface area contributed by atoms with Crippen molar-refractivity contribution in [2.75, 3.05) is 21.3 Å². The fraction of sp³-hybridized carbons (Fsp3) is 0.500. The quantitative estimate of drug-likeness (QED) is 0.807. The van der Waals surface area contributed by atoms with E-state index in [1.807, 2.05) is 30.1 Å². The molecule has 1 aromatic carbocycles. The van der Waals surface area contributed by atoms with Crippen LogP contribution in [-0.2, 0) is 24.7 Å². The summed E-state index contributed by atoms with van der Waals surface area (Å²) in [5, 5.41) is 7.49. The fourth-order valence-electron chi connectivity index (χ4n) is 3.73. The number of benzene rings is 1. The van der Waals surface area contributed by atoms with Crippen LogP contribution >= 0.6 is 0 Å². The Morgan fingerprint density at radius 3 is 2.70 bits per heavy atom. The van der Waals surface area contributed by atoms with Crippen LogP contribution in [0, 0.1) is 0 Å². The second-order valence-corrected chi connectivity index (χ2v) is 6.68. The number of aryl methyl sites for hydroxylation is 2. The third-order valence-electron chi connectivity index (χ3n) is 5.12. The molecule has 0 radical (unpaired) electrons. The monoisotopic (exact) mass is 373 g/mol. The smallest absolute Gasteiger partial charge is 0.220 e. The van der Waals surface area contributed by atoms with Crippen molar-refractivity contribution in [3.63, 3.8) is 0 Å². The first-order chi connectivity index (χ1) is 13.1. The van der Waals surface area contributed by atoms with Gasteiger partial charge in [-0.15, -0.1) is 0 Å². The highest BCUT2D eigenvalue weighted by molar-refractivity contribution is 5.77. The van der Waals surface area contributed by atoms with E-state index in [0.29, 0.717) is 30.1 Å². The Kier molecular flexibility index (Phi) is 5.88. The number of ether oxygens (including phenoxy) is 3. The van der Waals surface area contributed by atoms with Gasteiger partial charge in [0.05, 0.1) is 33.6 Å². The van der Waals surface area contributed by atoms with Crippen molar-refractivity contribution in [2.45, 2.75) is 38.1 Å². The maximum atomic E-state index is 12.5. The van der Waals surface area contributed by atoms with E-state index in [2.05, 4.69) is 10.4 Å². The van der Waals surface area contributed by atoms with Crippen molar-refractivity contribution in [2.24, 2.45) is 7.05 Å². The van der Waals surface area contributed by atoms with Gasteiger partial charge >= 0.3 is 0 Å². The number of carbonyl (C=O) groups is 1. The molecular weight excluding hydrogens is 346 g/mol. The van der Waals surface area contributed by atoms with Crippen LogP contribution in [0.25, 0.3) is 0 Å². The minimum atomic E-state index is 0.0218. The lowest BCUT2D eigenvalue weighted by atomic mass is 9.93. The Labute approximate surface area is 159 Å². The summed E-state index contributed by atoms with van der Waals surface area (Å²) in [4.78, 5) is 12.5. The van der Waals surface area contributed by atoms with Gasteiger partial charge in [0.25, 0.3) is 0 Å². The number of fused-ring (bicyclic) bond motifs is 1. The number of rotatable bonds is 7. The zero-order valence-corrected chi connectivity index (χ0v) is 16.4. The summed E-state index contributed by atoms with van der Waals surface area (Å²) in [6, 6.07) is 3.78. The maximum Gasteiger partial charge on any atom is 0.220 e. The summed E-state index contributed by atoms with van der Waals surface area (Å²) >= 11 is 0. The van der Waals surface area contributed by atoms with E-state index in [0.717, 1.165) is 30.4 Å². The summed E-state index contributed by atoms with van der Waals surface area (Å²) < 4.78 is 18.1. The maximum absolute atomic E-state index is 12.5. The van der Waals surface area contributed by atoms with Crippen LogP contribution in [0.1, 0.15) is 42.1 Å². The standard InChI is InChI=1S/C20H27N3O4/c1-23-16-7-5-6-15(14(16)12-21-23)22-18(24)11-9-13-8-10-17(25-2)20(27-4)19(13)26-3/h8,10,12,15H,5-7,9,11H2,1-4H3,(H,22,24)/t15-/m1/s1. The molecule has 0 saturated carbocycles. The molecule has 0 fully saturated rings. The molecule has 0 bridgehead atoms. The Hall–Kier alpha value is -2.70. The number of nitrogens with one attached hydrogen (secondary N) is 1. The molecule has 1 N–H and O–H groups in total. The highest BCUT2D eigenvalue weighted by Crippen LogP contribution is 2.40. The van der Waals surface area contributed by atoms with Crippen molar-refractivity contribution in [1.29, 1.82) is 0 Å². The highest BCUT2D eigenvalue weighted by atomic mass is 16.5. The molecule has 1 amide bonds. The summed E-state index contributed by atoms with van der Waals surface area (Å²) in [6.45, 7) is 0. The molecule has 7 heteroatoms. The largest absolute Gasteiger partial charge is 0.493 e. The molecule has 3 rings (SSSR count). The van der Waals surface area contributed by atoms with Gasteiger partial charge in [0.15, 0.2) is 11.5 Å². The van der Waals surface area contributed by atoms with E-state index < -0.39 is 0 Å². The lowest BCUT2D eigenvalue weighted by molar-refractivity contribution is -0.121. The van der Waals surface area contributed by atoms with E-state index >= 15 is 0 Å². The van der Waals surface area contributed by atoms with Crippen LogP contribution in [0.2, 0.25) is 0 Å². The predicted molar refractivity (Wildman–Crippen MR) is 101 cm³/mol. The Balaban J connectivity index is 1.66. The third-order valence-corrected chi connectivity index (χ3v) is 5.12. The van der Waals surface area contributed by atoms with Gasteiger partial charge in [0.1, 0.15) is 0 Å². The first-order valence-corrected chi connectivity index (χ1v) is 9.17. The van der Waals surface area contributed by atoms with E-state index in [1.54, 1.807) is 21.3 Å². The molecule has 27 heavy (non-hydrogen) atoms. The molecule has 1 heterocycles. The van der Waals surface area contributed by atoms with E-state index in [-0.39, 0.29) is 11.9 Å². The molecular formula is C20H27N3O4. The fourth-order valence-corrected chi connectivity index (χ4v) is 3.73. The SMILES string of the molecule is COc1ccc(CCC(=O)N[C@@H]2CCCc3c2cnn3C)c(OC)c1OC. The third kappa shape index (κ3) is 3.86. The number of aromatic nitrogens is 2. The van der Waals surface area contributed by atoms with Gasteiger partial charge in [-0.05, 0) is 37.3 Å². The lowest BCUT2D eigenvalue weighted by Crippen LogP contribution is -2.31. The van der Waals surface area contributed by atoms with Crippen LogP contribution in [0.5, 0.6) is 17.2 Å². The zero-order valence-electron chi connectivity index (χ0n) is 16.4. The Bertz CT molecular complexity index is 816. The number of carbonyl (C=O) groups excluding carboxylic acids is 1. The van der Waals surface area contributed by atoms with Gasteiger partial charge in [0.2, 0.25) is 11.7 Å². The Morgan fingerprint density at radius 1 is 1.22 bits per heavy atom. The number of hydrogen-bond donors (Lipinski definition) is 1.